The summed E-state index contributed by atoms with van der Waals surface area (Å²) in [5.74, 6) is 0. The lowest BCUT2D eigenvalue weighted by Gasteiger charge is -2.16. The monoisotopic (exact) mass is 257 g/mol. The molecule has 3 heteroatoms. The highest BCUT2D eigenvalue weighted by Gasteiger charge is 2.08. The Kier molecular flexibility index (Phi) is 4.74. The van der Waals surface area contributed by atoms with E-state index in [4.69, 9.17) is 0 Å². The van der Waals surface area contributed by atoms with Crippen molar-refractivity contribution in [2.75, 3.05) is 6.54 Å². The van der Waals surface area contributed by atoms with Gasteiger partial charge in [-0.15, -0.1) is 0 Å². The van der Waals surface area contributed by atoms with Crippen LogP contribution in [0.5, 0.6) is 0 Å². The Bertz CT molecular complexity index is 490. The van der Waals surface area contributed by atoms with Crippen LogP contribution in [0.15, 0.2) is 42.7 Å². The fourth-order valence-corrected chi connectivity index (χ4v) is 1.97. The van der Waals surface area contributed by atoms with Crippen molar-refractivity contribution >= 4 is 0 Å². The van der Waals surface area contributed by atoms with E-state index >= 15 is 0 Å². The molecule has 1 aromatic heterocycles. The predicted molar refractivity (Wildman–Crippen MR) is 80.1 cm³/mol. The van der Waals surface area contributed by atoms with Gasteiger partial charge < -0.3 is 5.32 Å². The van der Waals surface area contributed by atoms with Gasteiger partial charge in [0.2, 0.25) is 0 Å². The summed E-state index contributed by atoms with van der Waals surface area (Å²) in [4.78, 5) is 0. The Hall–Kier alpha value is -1.61. The van der Waals surface area contributed by atoms with Crippen molar-refractivity contribution in [3.8, 4) is 11.1 Å². The van der Waals surface area contributed by atoms with Gasteiger partial charge in [0, 0.05) is 24.3 Å². The molecule has 2 aromatic rings. The van der Waals surface area contributed by atoms with Crippen LogP contribution in [0.25, 0.3) is 11.1 Å². The first-order chi connectivity index (χ1) is 9.20. The van der Waals surface area contributed by atoms with E-state index in [1.807, 2.05) is 16.9 Å². The molecular weight excluding hydrogens is 234 g/mol. The molecule has 0 radical (unpaired) electrons. The molecule has 2 rings (SSSR count). The number of nitrogens with zero attached hydrogens (tertiary/aromatic N) is 2. The molecule has 0 bridgehead atoms. The van der Waals surface area contributed by atoms with Crippen molar-refractivity contribution in [3.63, 3.8) is 0 Å². The lowest BCUT2D eigenvalue weighted by atomic mass is 10.1. The Balaban J connectivity index is 2.01. The standard InChI is InChI=1S/C16H23N3/c1-4-13(2)17-10-14(3)19-12-16(11-18-19)15-8-6-5-7-9-15/h5-9,11-14,17H,4,10H2,1-3H3. The van der Waals surface area contributed by atoms with Gasteiger partial charge in [-0.05, 0) is 25.8 Å². The third-order valence-corrected chi connectivity index (χ3v) is 3.53. The van der Waals surface area contributed by atoms with E-state index in [2.05, 4.69) is 61.6 Å². The van der Waals surface area contributed by atoms with Crippen LogP contribution in [0.2, 0.25) is 0 Å². The zero-order chi connectivity index (χ0) is 13.7. The second kappa shape index (κ2) is 6.53. The van der Waals surface area contributed by atoms with Crippen LogP contribution in [0.1, 0.15) is 33.2 Å². The largest absolute Gasteiger partial charge is 0.312 e. The fourth-order valence-electron chi connectivity index (χ4n) is 1.97. The Morgan fingerprint density at radius 1 is 1.16 bits per heavy atom. The number of aromatic nitrogens is 2. The van der Waals surface area contributed by atoms with Crippen molar-refractivity contribution in [2.45, 2.75) is 39.3 Å². The summed E-state index contributed by atoms with van der Waals surface area (Å²) in [6.45, 7) is 7.55. The third kappa shape index (κ3) is 3.67. The van der Waals surface area contributed by atoms with Crippen LogP contribution in [0.3, 0.4) is 0 Å². The zero-order valence-corrected chi connectivity index (χ0v) is 12.0. The van der Waals surface area contributed by atoms with E-state index in [0.717, 1.165) is 13.0 Å². The normalized spacial score (nSPS) is 14.3. The van der Waals surface area contributed by atoms with Crippen LogP contribution in [-0.2, 0) is 0 Å². The van der Waals surface area contributed by atoms with E-state index in [9.17, 15) is 0 Å². The minimum absolute atomic E-state index is 0.367. The van der Waals surface area contributed by atoms with E-state index in [0.29, 0.717) is 12.1 Å². The molecule has 102 valence electrons. The van der Waals surface area contributed by atoms with Crippen LogP contribution < -0.4 is 5.32 Å². The first-order valence-electron chi connectivity index (χ1n) is 7.03. The Labute approximate surface area is 115 Å². The minimum atomic E-state index is 0.367. The molecule has 0 aliphatic rings. The highest BCUT2D eigenvalue weighted by atomic mass is 15.3. The van der Waals surface area contributed by atoms with Gasteiger partial charge in [-0.25, -0.2) is 0 Å². The van der Waals surface area contributed by atoms with E-state index in [1.54, 1.807) is 0 Å². The van der Waals surface area contributed by atoms with Crippen molar-refractivity contribution < 1.29 is 0 Å². The number of nitrogens with one attached hydrogen (secondary N) is 1. The number of hydrogen-bond acceptors (Lipinski definition) is 2. The maximum absolute atomic E-state index is 4.47. The SMILES string of the molecule is CCC(C)NCC(C)n1cc(-c2ccccc2)cn1. The lowest BCUT2D eigenvalue weighted by molar-refractivity contribution is 0.419. The van der Waals surface area contributed by atoms with E-state index in [-0.39, 0.29) is 0 Å². The molecule has 2 unspecified atom stereocenters. The molecule has 1 N–H and O–H groups in total. The topological polar surface area (TPSA) is 29.9 Å². The van der Waals surface area contributed by atoms with Gasteiger partial charge in [0.05, 0.1) is 12.2 Å². The van der Waals surface area contributed by atoms with Gasteiger partial charge in [-0.2, -0.15) is 5.10 Å². The van der Waals surface area contributed by atoms with Crippen molar-refractivity contribution in [2.24, 2.45) is 0 Å². The average Bonchev–Trinajstić information content (AvgIpc) is 2.95. The van der Waals surface area contributed by atoms with Gasteiger partial charge >= 0.3 is 0 Å². The van der Waals surface area contributed by atoms with Crippen molar-refractivity contribution in [3.05, 3.63) is 42.7 Å². The van der Waals surface area contributed by atoms with Crippen LogP contribution in [-0.4, -0.2) is 22.4 Å². The molecule has 2 atom stereocenters. The summed E-state index contributed by atoms with van der Waals surface area (Å²) in [6.07, 6.45) is 5.22. The lowest BCUT2D eigenvalue weighted by Crippen LogP contribution is -2.31. The van der Waals surface area contributed by atoms with Crippen LogP contribution >= 0.6 is 0 Å². The number of rotatable bonds is 6. The average molecular weight is 257 g/mol. The molecule has 1 heterocycles. The molecule has 3 nitrogen and oxygen atoms in total. The highest BCUT2D eigenvalue weighted by molar-refractivity contribution is 5.61. The van der Waals surface area contributed by atoms with Gasteiger partial charge in [0.15, 0.2) is 0 Å². The predicted octanol–water partition coefficient (Wildman–Crippen LogP) is 3.50. The molecule has 1 aromatic carbocycles. The summed E-state index contributed by atoms with van der Waals surface area (Å²) in [5.41, 5.74) is 2.40. The number of hydrogen-bond donors (Lipinski definition) is 1. The summed E-state index contributed by atoms with van der Waals surface area (Å²) in [5, 5.41) is 7.99. The maximum Gasteiger partial charge on any atom is 0.0615 e. The molecule has 0 saturated carbocycles. The Morgan fingerprint density at radius 2 is 1.89 bits per heavy atom. The minimum Gasteiger partial charge on any atom is -0.312 e. The van der Waals surface area contributed by atoms with Gasteiger partial charge in [0.25, 0.3) is 0 Å². The second-order valence-electron chi connectivity index (χ2n) is 5.14. The van der Waals surface area contributed by atoms with Gasteiger partial charge in [-0.1, -0.05) is 37.3 Å². The summed E-state index contributed by atoms with van der Waals surface area (Å²) in [6, 6.07) is 11.3. The second-order valence-corrected chi connectivity index (χ2v) is 5.14. The van der Waals surface area contributed by atoms with E-state index in [1.165, 1.54) is 11.1 Å². The van der Waals surface area contributed by atoms with Gasteiger partial charge in [0.1, 0.15) is 0 Å². The molecule has 0 spiro atoms. The van der Waals surface area contributed by atoms with Crippen LogP contribution in [0, 0.1) is 0 Å². The quantitative estimate of drug-likeness (QED) is 0.858. The molecule has 0 aliphatic heterocycles. The summed E-state index contributed by atoms with van der Waals surface area (Å²) in [7, 11) is 0. The maximum atomic E-state index is 4.47. The smallest absolute Gasteiger partial charge is 0.0615 e. The third-order valence-electron chi connectivity index (χ3n) is 3.53. The van der Waals surface area contributed by atoms with Crippen molar-refractivity contribution in [1.29, 1.82) is 0 Å². The number of benzene rings is 1. The summed E-state index contributed by atoms with van der Waals surface area (Å²) < 4.78 is 2.04. The molecular formula is C16H23N3. The summed E-state index contributed by atoms with van der Waals surface area (Å²) >= 11 is 0. The van der Waals surface area contributed by atoms with Gasteiger partial charge in [-0.3, -0.25) is 4.68 Å². The zero-order valence-electron chi connectivity index (χ0n) is 12.0. The molecule has 19 heavy (non-hydrogen) atoms. The Morgan fingerprint density at radius 3 is 2.58 bits per heavy atom. The molecule has 0 aliphatic carbocycles. The molecule has 0 amide bonds. The van der Waals surface area contributed by atoms with Crippen molar-refractivity contribution in [1.82, 2.24) is 15.1 Å². The molecule has 0 saturated heterocycles. The van der Waals surface area contributed by atoms with Crippen LogP contribution in [0.4, 0.5) is 0 Å². The van der Waals surface area contributed by atoms with E-state index < -0.39 is 0 Å². The fraction of sp³-hybridized carbons (Fsp3) is 0.438. The molecule has 0 fully saturated rings. The first-order valence-corrected chi connectivity index (χ1v) is 7.03. The first kappa shape index (κ1) is 13.8. The highest BCUT2D eigenvalue weighted by Crippen LogP contribution is 2.19.